The number of rotatable bonds is 7. The molecule has 0 spiro atoms. The third-order valence-corrected chi connectivity index (χ3v) is 4.33. The fourth-order valence-electron chi connectivity index (χ4n) is 3.11. The molecule has 2 atom stereocenters. The van der Waals surface area contributed by atoms with Gasteiger partial charge in [-0.05, 0) is 31.9 Å². The Balaban J connectivity index is 1.94. The summed E-state index contributed by atoms with van der Waals surface area (Å²) in [4.78, 5) is 25.4. The van der Waals surface area contributed by atoms with Gasteiger partial charge in [-0.3, -0.25) is 9.59 Å². The van der Waals surface area contributed by atoms with Crippen LogP contribution in [0.4, 0.5) is 5.69 Å². The van der Waals surface area contributed by atoms with Gasteiger partial charge in [-0.2, -0.15) is 0 Å². The van der Waals surface area contributed by atoms with Gasteiger partial charge in [0, 0.05) is 6.07 Å². The van der Waals surface area contributed by atoms with E-state index in [4.69, 9.17) is 14.2 Å². The van der Waals surface area contributed by atoms with Gasteiger partial charge in [-0.25, -0.2) is 0 Å². The third kappa shape index (κ3) is 5.35. The number of likely N-dealkylation sites (tertiary alicyclic amines) is 1. The molecule has 0 saturated carbocycles. The fourth-order valence-corrected chi connectivity index (χ4v) is 3.11. The maximum Gasteiger partial charge on any atom is 0.314 e. The van der Waals surface area contributed by atoms with Gasteiger partial charge in [0.05, 0.1) is 39.6 Å². The zero-order chi connectivity index (χ0) is 18.2. The van der Waals surface area contributed by atoms with Crippen molar-refractivity contribution < 1.29 is 28.7 Å². The zero-order valence-corrected chi connectivity index (χ0v) is 15.1. The van der Waals surface area contributed by atoms with Crippen LogP contribution < -0.4 is 19.7 Å². The minimum absolute atomic E-state index is 0.119. The summed E-state index contributed by atoms with van der Waals surface area (Å²) in [6.45, 7) is 4.00. The van der Waals surface area contributed by atoms with Gasteiger partial charge in [0.15, 0.2) is 6.54 Å². The number of anilines is 1. The summed E-state index contributed by atoms with van der Waals surface area (Å²) in [5.41, 5.74) is 0.574. The molecule has 0 aliphatic carbocycles. The highest BCUT2D eigenvalue weighted by Gasteiger charge is 2.30. The quantitative estimate of drug-likeness (QED) is 0.700. The molecule has 1 aliphatic rings. The summed E-state index contributed by atoms with van der Waals surface area (Å²) in [6.07, 6.45) is 1.74. The van der Waals surface area contributed by atoms with Crippen LogP contribution in [-0.4, -0.2) is 52.3 Å². The molecular formula is C18H27N2O5+. The van der Waals surface area contributed by atoms with Crippen molar-refractivity contribution in [2.45, 2.75) is 19.8 Å². The average molecular weight is 351 g/mol. The largest absolute Gasteiger partial charge is 0.497 e. The number of quaternary nitrogens is 1. The third-order valence-electron chi connectivity index (χ3n) is 4.33. The molecule has 0 aromatic heterocycles. The van der Waals surface area contributed by atoms with Crippen molar-refractivity contribution in [2.75, 3.05) is 45.8 Å². The molecule has 1 heterocycles. The van der Waals surface area contributed by atoms with Crippen LogP contribution in [0.25, 0.3) is 0 Å². The molecule has 1 unspecified atom stereocenters. The molecule has 7 nitrogen and oxygen atoms in total. The molecule has 1 aromatic rings. The molecule has 138 valence electrons. The summed E-state index contributed by atoms with van der Waals surface area (Å²) in [5, 5.41) is 2.87. The summed E-state index contributed by atoms with van der Waals surface area (Å²) >= 11 is 0. The van der Waals surface area contributed by atoms with Gasteiger partial charge in [-0.1, -0.05) is 0 Å². The number of amides is 1. The van der Waals surface area contributed by atoms with Crippen LogP contribution in [-0.2, 0) is 14.3 Å². The van der Waals surface area contributed by atoms with E-state index in [2.05, 4.69) is 5.32 Å². The Labute approximate surface area is 148 Å². The van der Waals surface area contributed by atoms with Crippen LogP contribution >= 0.6 is 0 Å². The number of methoxy groups -OCH3 is 2. The molecule has 1 amide bonds. The van der Waals surface area contributed by atoms with Gasteiger partial charge in [0.2, 0.25) is 0 Å². The average Bonchev–Trinajstić information content (AvgIpc) is 2.62. The van der Waals surface area contributed by atoms with Crippen LogP contribution in [0.2, 0.25) is 0 Å². The number of nitrogens with one attached hydrogen (secondary N) is 2. The lowest BCUT2D eigenvalue weighted by atomic mass is 9.98. The van der Waals surface area contributed by atoms with Crippen molar-refractivity contribution in [2.24, 2.45) is 5.92 Å². The first kappa shape index (κ1) is 19.1. The molecule has 2 rings (SSSR count). The first-order chi connectivity index (χ1) is 12.1. The Bertz CT molecular complexity index is 605. The second-order valence-electron chi connectivity index (χ2n) is 6.09. The molecule has 7 heteroatoms. The van der Waals surface area contributed by atoms with E-state index in [0.717, 1.165) is 24.3 Å². The monoisotopic (exact) mass is 351 g/mol. The van der Waals surface area contributed by atoms with Crippen molar-refractivity contribution in [1.82, 2.24) is 0 Å². The highest BCUT2D eigenvalue weighted by molar-refractivity contribution is 5.93. The second kappa shape index (κ2) is 9.27. The molecule has 2 N–H and O–H groups in total. The van der Waals surface area contributed by atoms with Crippen molar-refractivity contribution in [3.05, 3.63) is 18.2 Å². The van der Waals surface area contributed by atoms with Crippen molar-refractivity contribution >= 4 is 17.6 Å². The number of piperidine rings is 1. The van der Waals surface area contributed by atoms with Crippen molar-refractivity contribution in [1.29, 1.82) is 0 Å². The van der Waals surface area contributed by atoms with Crippen LogP contribution in [0.1, 0.15) is 19.8 Å². The highest BCUT2D eigenvalue weighted by atomic mass is 16.5. The SMILES string of the molecule is CCOC(=O)[C@@H]1CCC[NH+](CC(=O)Nc2cc(OC)ccc2OC)C1. The lowest BCUT2D eigenvalue weighted by Gasteiger charge is -2.28. The predicted molar refractivity (Wildman–Crippen MR) is 93.1 cm³/mol. The number of carbonyl (C=O) groups excluding carboxylic acids is 2. The van der Waals surface area contributed by atoms with Crippen LogP contribution in [0.3, 0.4) is 0 Å². The van der Waals surface area contributed by atoms with Crippen molar-refractivity contribution in [3.63, 3.8) is 0 Å². The van der Waals surface area contributed by atoms with Gasteiger partial charge in [0.25, 0.3) is 5.91 Å². The molecule has 0 radical (unpaired) electrons. The standard InChI is InChI=1S/C18H26N2O5/c1-4-25-18(22)13-6-5-9-20(11-13)12-17(21)19-15-10-14(23-2)7-8-16(15)24-3/h7-8,10,13H,4-6,9,11-12H2,1-3H3,(H,19,21)/p+1/t13-/m1/s1. The van der Waals surface area contributed by atoms with E-state index >= 15 is 0 Å². The fraction of sp³-hybridized carbons (Fsp3) is 0.556. The Morgan fingerprint density at radius 1 is 1.28 bits per heavy atom. The van der Waals surface area contributed by atoms with Gasteiger partial charge >= 0.3 is 5.97 Å². The minimum Gasteiger partial charge on any atom is -0.497 e. The maximum absolute atomic E-state index is 12.4. The highest BCUT2D eigenvalue weighted by Crippen LogP contribution is 2.28. The molecule has 25 heavy (non-hydrogen) atoms. The van der Waals surface area contributed by atoms with E-state index in [-0.39, 0.29) is 17.8 Å². The summed E-state index contributed by atoms with van der Waals surface area (Å²) in [6, 6.07) is 5.25. The summed E-state index contributed by atoms with van der Waals surface area (Å²) in [5.74, 6) is 0.819. The molecule has 1 aromatic carbocycles. The van der Waals surface area contributed by atoms with Crippen LogP contribution in [0.15, 0.2) is 18.2 Å². The predicted octanol–water partition coefficient (Wildman–Crippen LogP) is 0.500. The van der Waals surface area contributed by atoms with Gasteiger partial charge < -0.3 is 24.4 Å². The second-order valence-corrected chi connectivity index (χ2v) is 6.09. The first-order valence-corrected chi connectivity index (χ1v) is 8.59. The first-order valence-electron chi connectivity index (χ1n) is 8.59. The smallest absolute Gasteiger partial charge is 0.314 e. The lowest BCUT2D eigenvalue weighted by Crippen LogP contribution is -3.14. The normalized spacial score (nSPS) is 19.8. The van der Waals surface area contributed by atoms with E-state index in [9.17, 15) is 9.59 Å². The summed E-state index contributed by atoms with van der Waals surface area (Å²) < 4.78 is 15.6. The van der Waals surface area contributed by atoms with Gasteiger partial charge in [0.1, 0.15) is 17.4 Å². The summed E-state index contributed by atoms with van der Waals surface area (Å²) in [7, 11) is 3.12. The lowest BCUT2D eigenvalue weighted by molar-refractivity contribution is -0.899. The zero-order valence-electron chi connectivity index (χ0n) is 15.1. The minimum atomic E-state index is -0.158. The number of hydrogen-bond donors (Lipinski definition) is 2. The van der Waals surface area contributed by atoms with Gasteiger partial charge in [-0.15, -0.1) is 0 Å². The molecular weight excluding hydrogens is 324 g/mol. The van der Waals surface area contributed by atoms with E-state index in [1.807, 2.05) is 0 Å². The van der Waals surface area contributed by atoms with E-state index in [1.54, 1.807) is 39.3 Å². The van der Waals surface area contributed by atoms with Crippen LogP contribution in [0, 0.1) is 5.92 Å². The Morgan fingerprint density at radius 2 is 2.08 bits per heavy atom. The topological polar surface area (TPSA) is 78.3 Å². The Morgan fingerprint density at radius 3 is 2.76 bits per heavy atom. The number of ether oxygens (including phenoxy) is 3. The number of hydrogen-bond acceptors (Lipinski definition) is 5. The molecule has 0 bridgehead atoms. The van der Waals surface area contributed by atoms with E-state index < -0.39 is 0 Å². The molecule has 1 fully saturated rings. The molecule has 1 aliphatic heterocycles. The maximum atomic E-state index is 12.4. The Hall–Kier alpha value is -2.28. The van der Waals surface area contributed by atoms with E-state index in [0.29, 0.717) is 36.9 Å². The van der Waals surface area contributed by atoms with Crippen LogP contribution in [0.5, 0.6) is 11.5 Å². The number of esters is 1. The number of benzene rings is 1. The van der Waals surface area contributed by atoms with E-state index in [1.165, 1.54) is 0 Å². The van der Waals surface area contributed by atoms with Crippen molar-refractivity contribution in [3.8, 4) is 11.5 Å². The molecule has 1 saturated heterocycles. The Kier molecular flexibility index (Phi) is 7.06. The number of carbonyl (C=O) groups is 2.